The molecule has 1 aromatic carbocycles. The lowest BCUT2D eigenvalue weighted by Crippen LogP contribution is -2.04. The molecule has 1 aliphatic rings. The zero-order valence-corrected chi connectivity index (χ0v) is 9.30. The Bertz CT molecular complexity index is 361. The molecule has 0 aromatic heterocycles. The molecule has 1 N–H and O–H groups in total. The highest BCUT2D eigenvalue weighted by molar-refractivity contribution is 5.74. The first-order valence-electron chi connectivity index (χ1n) is 5.54. The van der Waals surface area contributed by atoms with E-state index in [1.54, 1.807) is 0 Å². The van der Waals surface area contributed by atoms with Gasteiger partial charge in [-0.3, -0.25) is 4.79 Å². The molecule has 0 bridgehead atoms. The summed E-state index contributed by atoms with van der Waals surface area (Å²) >= 11 is 0. The predicted molar refractivity (Wildman–Crippen MR) is 59.9 cm³/mol. The van der Waals surface area contributed by atoms with Gasteiger partial charge < -0.3 is 9.84 Å². The normalized spacial score (nSPS) is 27.7. The van der Waals surface area contributed by atoms with Crippen LogP contribution in [0.4, 0.5) is 0 Å². The molecule has 1 aliphatic carbocycles. The van der Waals surface area contributed by atoms with Crippen molar-refractivity contribution in [2.45, 2.75) is 13.5 Å². The van der Waals surface area contributed by atoms with Gasteiger partial charge in [0.15, 0.2) is 0 Å². The van der Waals surface area contributed by atoms with Gasteiger partial charge >= 0.3 is 5.97 Å². The van der Waals surface area contributed by atoms with Crippen molar-refractivity contribution >= 4 is 5.97 Å². The van der Waals surface area contributed by atoms with Crippen molar-refractivity contribution in [1.29, 1.82) is 0 Å². The van der Waals surface area contributed by atoms with Gasteiger partial charge in [0.25, 0.3) is 0 Å². The van der Waals surface area contributed by atoms with E-state index in [0.717, 1.165) is 5.56 Å². The number of hydrogen-bond acceptors (Lipinski definition) is 2. The van der Waals surface area contributed by atoms with Crippen molar-refractivity contribution in [3.8, 4) is 0 Å². The quantitative estimate of drug-likeness (QED) is 0.827. The van der Waals surface area contributed by atoms with Crippen molar-refractivity contribution in [1.82, 2.24) is 0 Å². The highest BCUT2D eigenvalue weighted by Crippen LogP contribution is 2.46. The Hall–Kier alpha value is -1.35. The highest BCUT2D eigenvalue weighted by Gasteiger charge is 2.51. The van der Waals surface area contributed by atoms with Gasteiger partial charge in [-0.2, -0.15) is 0 Å². The van der Waals surface area contributed by atoms with Crippen LogP contribution >= 0.6 is 0 Å². The molecule has 0 spiro atoms. The molecule has 0 heterocycles. The molecule has 3 nitrogen and oxygen atoms in total. The molecule has 0 saturated heterocycles. The minimum Gasteiger partial charge on any atom is -0.481 e. The van der Waals surface area contributed by atoms with Gasteiger partial charge in [0.2, 0.25) is 0 Å². The molecule has 0 radical (unpaired) electrons. The summed E-state index contributed by atoms with van der Waals surface area (Å²) < 4.78 is 5.53. The van der Waals surface area contributed by atoms with Crippen LogP contribution in [0.15, 0.2) is 30.3 Å². The fourth-order valence-electron chi connectivity index (χ4n) is 2.10. The predicted octanol–water partition coefficient (Wildman–Crippen LogP) is 2.17. The second-order valence-corrected chi connectivity index (χ2v) is 4.39. The lowest BCUT2D eigenvalue weighted by molar-refractivity contribution is -0.139. The molecule has 1 fully saturated rings. The summed E-state index contributed by atoms with van der Waals surface area (Å²) in [6.45, 7) is 3.08. The van der Waals surface area contributed by atoms with Gasteiger partial charge in [0, 0.05) is 0 Å². The number of rotatable bonds is 5. The average Bonchev–Trinajstić information content (AvgIpc) is 2.91. The van der Waals surface area contributed by atoms with Crippen LogP contribution in [-0.2, 0) is 16.1 Å². The van der Waals surface area contributed by atoms with Crippen LogP contribution in [0.25, 0.3) is 0 Å². The lowest BCUT2D eigenvalue weighted by Gasteiger charge is -2.03. The molecule has 2 rings (SSSR count). The molecule has 16 heavy (non-hydrogen) atoms. The lowest BCUT2D eigenvalue weighted by atomic mass is 10.2. The Labute approximate surface area is 95.0 Å². The number of carbonyl (C=O) groups is 1. The summed E-state index contributed by atoms with van der Waals surface area (Å²) in [7, 11) is 0. The van der Waals surface area contributed by atoms with Gasteiger partial charge in [0.1, 0.15) is 0 Å². The van der Waals surface area contributed by atoms with Crippen molar-refractivity contribution in [2.24, 2.45) is 17.8 Å². The van der Waals surface area contributed by atoms with Gasteiger partial charge in [-0.15, -0.1) is 0 Å². The van der Waals surface area contributed by atoms with E-state index in [1.165, 1.54) is 0 Å². The topological polar surface area (TPSA) is 46.5 Å². The molecule has 3 atom stereocenters. The monoisotopic (exact) mass is 220 g/mol. The molecule has 3 heteroatoms. The molecule has 3 unspecified atom stereocenters. The summed E-state index contributed by atoms with van der Waals surface area (Å²) in [4.78, 5) is 10.8. The number of ether oxygens (including phenoxy) is 1. The Balaban J connectivity index is 1.72. The Kier molecular flexibility index (Phi) is 3.25. The van der Waals surface area contributed by atoms with E-state index in [4.69, 9.17) is 9.84 Å². The van der Waals surface area contributed by atoms with Crippen LogP contribution in [0.3, 0.4) is 0 Å². The van der Waals surface area contributed by atoms with Crippen LogP contribution in [0.1, 0.15) is 12.5 Å². The van der Waals surface area contributed by atoms with E-state index in [1.807, 2.05) is 37.3 Å². The Morgan fingerprint density at radius 2 is 2.06 bits per heavy atom. The molecule has 0 aliphatic heterocycles. The Morgan fingerprint density at radius 3 is 2.62 bits per heavy atom. The van der Waals surface area contributed by atoms with Crippen LogP contribution in [-0.4, -0.2) is 17.7 Å². The zero-order chi connectivity index (χ0) is 11.5. The van der Waals surface area contributed by atoms with E-state index in [-0.39, 0.29) is 17.8 Å². The third-order valence-electron chi connectivity index (χ3n) is 3.27. The fourth-order valence-corrected chi connectivity index (χ4v) is 2.10. The third kappa shape index (κ3) is 2.42. The summed E-state index contributed by atoms with van der Waals surface area (Å²) in [5.41, 5.74) is 1.13. The maximum Gasteiger partial charge on any atom is 0.307 e. The molecule has 1 saturated carbocycles. The minimum absolute atomic E-state index is 0.196. The van der Waals surface area contributed by atoms with E-state index in [0.29, 0.717) is 13.2 Å². The second kappa shape index (κ2) is 4.66. The minimum atomic E-state index is -0.694. The van der Waals surface area contributed by atoms with Crippen molar-refractivity contribution in [3.63, 3.8) is 0 Å². The summed E-state index contributed by atoms with van der Waals surface area (Å²) in [6.07, 6.45) is 0. The molecular formula is C13H16O3. The van der Waals surface area contributed by atoms with E-state index in [9.17, 15) is 4.79 Å². The maximum absolute atomic E-state index is 10.8. The van der Waals surface area contributed by atoms with Gasteiger partial charge in [-0.25, -0.2) is 0 Å². The number of carboxylic acid groups (broad SMARTS) is 1. The zero-order valence-electron chi connectivity index (χ0n) is 9.30. The van der Waals surface area contributed by atoms with Gasteiger partial charge in [0.05, 0.1) is 19.1 Å². The SMILES string of the molecule is CC1C(COCc2ccccc2)C1C(=O)O. The van der Waals surface area contributed by atoms with Crippen LogP contribution < -0.4 is 0 Å². The smallest absolute Gasteiger partial charge is 0.307 e. The Morgan fingerprint density at radius 1 is 1.38 bits per heavy atom. The molecular weight excluding hydrogens is 204 g/mol. The summed E-state index contributed by atoms with van der Waals surface area (Å²) in [5.74, 6) is -0.439. The van der Waals surface area contributed by atoms with Crippen molar-refractivity contribution in [3.05, 3.63) is 35.9 Å². The van der Waals surface area contributed by atoms with E-state index in [2.05, 4.69) is 0 Å². The molecule has 1 aromatic rings. The number of hydrogen-bond donors (Lipinski definition) is 1. The van der Waals surface area contributed by atoms with Gasteiger partial charge in [-0.1, -0.05) is 37.3 Å². The van der Waals surface area contributed by atoms with Crippen molar-refractivity contribution in [2.75, 3.05) is 6.61 Å². The van der Waals surface area contributed by atoms with Crippen LogP contribution in [0.2, 0.25) is 0 Å². The van der Waals surface area contributed by atoms with Crippen molar-refractivity contribution < 1.29 is 14.6 Å². The number of benzene rings is 1. The van der Waals surface area contributed by atoms with E-state index < -0.39 is 5.97 Å². The maximum atomic E-state index is 10.8. The summed E-state index contributed by atoms with van der Waals surface area (Å²) in [6, 6.07) is 9.92. The molecule has 86 valence electrons. The first-order chi connectivity index (χ1) is 7.70. The fraction of sp³-hybridized carbons (Fsp3) is 0.462. The van der Waals surface area contributed by atoms with Crippen LogP contribution in [0.5, 0.6) is 0 Å². The molecule has 0 amide bonds. The van der Waals surface area contributed by atoms with Gasteiger partial charge in [-0.05, 0) is 17.4 Å². The first-order valence-corrected chi connectivity index (χ1v) is 5.54. The van der Waals surface area contributed by atoms with Crippen LogP contribution in [0, 0.1) is 17.8 Å². The number of aliphatic carboxylic acids is 1. The second-order valence-electron chi connectivity index (χ2n) is 4.39. The first kappa shape index (κ1) is 11.1. The third-order valence-corrected chi connectivity index (χ3v) is 3.27. The average molecular weight is 220 g/mol. The largest absolute Gasteiger partial charge is 0.481 e. The standard InChI is InChI=1S/C13H16O3/c1-9-11(12(9)13(14)15)8-16-7-10-5-3-2-4-6-10/h2-6,9,11-12H,7-8H2,1H3,(H,14,15). The highest BCUT2D eigenvalue weighted by atomic mass is 16.5. The summed E-state index contributed by atoms with van der Waals surface area (Å²) in [5, 5.41) is 8.85. The number of carboxylic acids is 1. The van der Waals surface area contributed by atoms with E-state index >= 15 is 0 Å².